The van der Waals surface area contributed by atoms with Crippen molar-refractivity contribution in [2.24, 2.45) is 0 Å². The first kappa shape index (κ1) is 24.5. The van der Waals surface area contributed by atoms with Gasteiger partial charge in [0, 0.05) is 0 Å². The Kier molecular flexibility index (Phi) is 8.72. The Labute approximate surface area is 179 Å². The zero-order valence-corrected chi connectivity index (χ0v) is 17.4. The molecule has 0 bridgehead atoms. The summed E-state index contributed by atoms with van der Waals surface area (Å²) in [5.41, 5.74) is 0.525. The van der Waals surface area contributed by atoms with E-state index in [0.717, 1.165) is 0 Å². The standard InChI is InChI=1S/C21H28O10/c1-28-15-6-11(4-5-13(15)24)20(27)18(10-23)31-21-16(29-2)7-12(8-17(21)30-3)19(26)14(25)9-22/h4-8,14,18-20,22-27H,9-10H2,1-3H3/t14?,18-,19+,20-/m1/s1. The van der Waals surface area contributed by atoms with E-state index in [-0.39, 0.29) is 34.3 Å². The van der Waals surface area contributed by atoms with E-state index in [4.69, 9.17) is 24.1 Å². The quantitative estimate of drug-likeness (QED) is 0.287. The molecular formula is C21H28O10. The Morgan fingerprint density at radius 3 is 1.77 bits per heavy atom. The SMILES string of the molecule is COc1cc([C@@H](O)[C@@H](CO)Oc2c(OC)cc([C@H](O)C(O)CO)cc2OC)ccc1O. The van der Waals surface area contributed by atoms with E-state index in [9.17, 15) is 25.5 Å². The van der Waals surface area contributed by atoms with E-state index in [0.29, 0.717) is 5.56 Å². The highest BCUT2D eigenvalue weighted by Crippen LogP contribution is 2.42. The van der Waals surface area contributed by atoms with Gasteiger partial charge in [0.15, 0.2) is 29.1 Å². The lowest BCUT2D eigenvalue weighted by atomic mass is 10.0. The second kappa shape index (κ2) is 11.0. The maximum absolute atomic E-state index is 10.7. The monoisotopic (exact) mass is 440 g/mol. The van der Waals surface area contributed by atoms with E-state index in [2.05, 4.69) is 0 Å². The van der Waals surface area contributed by atoms with Crippen molar-refractivity contribution < 1.29 is 49.6 Å². The summed E-state index contributed by atoms with van der Waals surface area (Å²) in [7, 11) is 4.05. The minimum Gasteiger partial charge on any atom is -0.504 e. The van der Waals surface area contributed by atoms with Crippen LogP contribution in [0.1, 0.15) is 23.3 Å². The molecule has 0 aromatic heterocycles. The molecule has 0 aliphatic rings. The second-order valence-electron chi connectivity index (χ2n) is 6.66. The normalized spacial score (nSPS) is 15.0. The number of hydrogen-bond acceptors (Lipinski definition) is 10. The molecule has 2 rings (SSSR count). The first-order chi connectivity index (χ1) is 14.8. The van der Waals surface area contributed by atoms with Gasteiger partial charge in [-0.3, -0.25) is 0 Å². The number of phenols is 1. The van der Waals surface area contributed by atoms with Crippen LogP contribution in [0.15, 0.2) is 30.3 Å². The van der Waals surface area contributed by atoms with E-state index >= 15 is 0 Å². The van der Waals surface area contributed by atoms with Gasteiger partial charge in [0.25, 0.3) is 0 Å². The van der Waals surface area contributed by atoms with Gasteiger partial charge >= 0.3 is 0 Å². The molecule has 6 N–H and O–H groups in total. The zero-order chi connectivity index (χ0) is 23.1. The molecule has 0 fully saturated rings. The van der Waals surface area contributed by atoms with Crippen molar-refractivity contribution in [3.8, 4) is 28.7 Å². The smallest absolute Gasteiger partial charge is 0.204 e. The summed E-state index contributed by atoms with van der Waals surface area (Å²) in [6.07, 6.45) is -5.30. The molecule has 10 heteroatoms. The number of aliphatic hydroxyl groups is 5. The van der Waals surface area contributed by atoms with Crippen molar-refractivity contribution in [2.75, 3.05) is 34.5 Å². The van der Waals surface area contributed by atoms with Gasteiger partial charge in [-0.05, 0) is 35.4 Å². The highest BCUT2D eigenvalue weighted by Gasteiger charge is 2.28. The van der Waals surface area contributed by atoms with Crippen LogP contribution in [0.25, 0.3) is 0 Å². The van der Waals surface area contributed by atoms with Crippen LogP contribution < -0.4 is 18.9 Å². The number of ether oxygens (including phenoxy) is 4. The van der Waals surface area contributed by atoms with Crippen LogP contribution in [0.4, 0.5) is 0 Å². The first-order valence-electron chi connectivity index (χ1n) is 9.36. The Morgan fingerprint density at radius 1 is 0.742 bits per heavy atom. The molecule has 2 aromatic carbocycles. The maximum Gasteiger partial charge on any atom is 0.204 e. The minimum atomic E-state index is -1.42. The maximum atomic E-state index is 10.7. The van der Waals surface area contributed by atoms with Crippen LogP contribution in [0.2, 0.25) is 0 Å². The predicted octanol–water partition coefficient (Wildman–Crippen LogP) is 0.278. The zero-order valence-electron chi connectivity index (χ0n) is 17.4. The molecule has 0 aliphatic heterocycles. The van der Waals surface area contributed by atoms with Gasteiger partial charge in [0.2, 0.25) is 5.75 Å². The number of aliphatic hydroxyl groups excluding tert-OH is 5. The van der Waals surface area contributed by atoms with Gasteiger partial charge in [-0.15, -0.1) is 0 Å². The largest absolute Gasteiger partial charge is 0.504 e. The van der Waals surface area contributed by atoms with Gasteiger partial charge in [-0.1, -0.05) is 6.07 Å². The van der Waals surface area contributed by atoms with Crippen molar-refractivity contribution in [3.63, 3.8) is 0 Å². The van der Waals surface area contributed by atoms with Gasteiger partial charge < -0.3 is 49.6 Å². The third-order valence-corrected chi connectivity index (χ3v) is 4.72. The Morgan fingerprint density at radius 2 is 1.29 bits per heavy atom. The molecule has 172 valence electrons. The average Bonchev–Trinajstić information content (AvgIpc) is 2.80. The molecular weight excluding hydrogens is 412 g/mol. The van der Waals surface area contributed by atoms with Crippen molar-refractivity contribution in [1.29, 1.82) is 0 Å². The van der Waals surface area contributed by atoms with E-state index in [1.807, 2.05) is 0 Å². The molecule has 4 atom stereocenters. The third kappa shape index (κ3) is 5.49. The fourth-order valence-corrected chi connectivity index (χ4v) is 2.95. The Hall–Kier alpha value is -2.76. The van der Waals surface area contributed by atoms with Crippen molar-refractivity contribution in [2.45, 2.75) is 24.4 Å². The van der Waals surface area contributed by atoms with E-state index in [1.165, 1.54) is 51.7 Å². The van der Waals surface area contributed by atoms with Gasteiger partial charge in [-0.25, -0.2) is 0 Å². The Balaban J connectivity index is 2.40. The van der Waals surface area contributed by atoms with E-state index in [1.54, 1.807) is 0 Å². The van der Waals surface area contributed by atoms with Gasteiger partial charge in [0.05, 0.1) is 34.5 Å². The molecule has 2 aromatic rings. The number of aromatic hydroxyl groups is 1. The molecule has 0 amide bonds. The number of benzene rings is 2. The molecule has 0 spiro atoms. The summed E-state index contributed by atoms with van der Waals surface area (Å²) in [5.74, 6) is 0.287. The highest BCUT2D eigenvalue weighted by molar-refractivity contribution is 5.54. The van der Waals surface area contributed by atoms with Crippen LogP contribution >= 0.6 is 0 Å². The van der Waals surface area contributed by atoms with Crippen LogP contribution in [-0.4, -0.2) is 77.4 Å². The molecule has 10 nitrogen and oxygen atoms in total. The van der Waals surface area contributed by atoms with Crippen molar-refractivity contribution in [3.05, 3.63) is 41.5 Å². The van der Waals surface area contributed by atoms with Gasteiger partial charge in [0.1, 0.15) is 18.3 Å². The summed E-state index contributed by atoms with van der Waals surface area (Å²) in [6, 6.07) is 6.97. The van der Waals surface area contributed by atoms with E-state index < -0.39 is 37.6 Å². The second-order valence-corrected chi connectivity index (χ2v) is 6.66. The summed E-state index contributed by atoms with van der Waals surface area (Å²) in [4.78, 5) is 0. The summed E-state index contributed by atoms with van der Waals surface area (Å²) >= 11 is 0. The summed E-state index contributed by atoms with van der Waals surface area (Å²) < 4.78 is 21.4. The number of hydrogen-bond donors (Lipinski definition) is 6. The number of methoxy groups -OCH3 is 3. The minimum absolute atomic E-state index is 0.0447. The first-order valence-corrected chi connectivity index (χ1v) is 9.36. The molecule has 31 heavy (non-hydrogen) atoms. The lowest BCUT2D eigenvalue weighted by Crippen LogP contribution is -2.29. The van der Waals surface area contributed by atoms with Crippen molar-refractivity contribution >= 4 is 0 Å². The Bertz CT molecular complexity index is 831. The third-order valence-electron chi connectivity index (χ3n) is 4.72. The van der Waals surface area contributed by atoms with Gasteiger partial charge in [-0.2, -0.15) is 0 Å². The molecule has 0 radical (unpaired) electrons. The highest BCUT2D eigenvalue weighted by atomic mass is 16.6. The molecule has 0 heterocycles. The number of phenolic OH excluding ortho intramolecular Hbond substituents is 1. The molecule has 1 unspecified atom stereocenters. The lowest BCUT2D eigenvalue weighted by Gasteiger charge is -2.26. The topological polar surface area (TPSA) is 158 Å². The summed E-state index contributed by atoms with van der Waals surface area (Å²) in [5, 5.41) is 59.3. The summed E-state index contributed by atoms with van der Waals surface area (Å²) in [6.45, 7) is -1.23. The predicted molar refractivity (Wildman–Crippen MR) is 109 cm³/mol. The molecule has 0 saturated heterocycles. The van der Waals surface area contributed by atoms with Crippen LogP contribution in [0.5, 0.6) is 28.7 Å². The fraction of sp³-hybridized carbons (Fsp3) is 0.429. The average molecular weight is 440 g/mol. The molecule has 0 saturated carbocycles. The fourth-order valence-electron chi connectivity index (χ4n) is 2.95. The van der Waals surface area contributed by atoms with Crippen LogP contribution in [0, 0.1) is 0 Å². The molecule has 0 aliphatic carbocycles. The van der Waals surface area contributed by atoms with Crippen LogP contribution in [-0.2, 0) is 0 Å². The van der Waals surface area contributed by atoms with Crippen molar-refractivity contribution in [1.82, 2.24) is 0 Å². The number of rotatable bonds is 11. The van der Waals surface area contributed by atoms with Crippen LogP contribution in [0.3, 0.4) is 0 Å². The lowest BCUT2D eigenvalue weighted by molar-refractivity contribution is -0.0158.